The average molecular weight is 259 g/mol. The van der Waals surface area contributed by atoms with Gasteiger partial charge in [-0.15, -0.1) is 0 Å². The van der Waals surface area contributed by atoms with Crippen molar-refractivity contribution in [1.29, 1.82) is 0 Å². The van der Waals surface area contributed by atoms with Crippen LogP contribution < -0.4 is 14.8 Å². The number of hydrogen-bond donors (Lipinski definition) is 1. The van der Waals surface area contributed by atoms with Crippen molar-refractivity contribution in [1.82, 2.24) is 9.78 Å². The molecule has 5 nitrogen and oxygen atoms in total. The van der Waals surface area contributed by atoms with Crippen molar-refractivity contribution in [3.63, 3.8) is 0 Å². The van der Waals surface area contributed by atoms with Crippen LogP contribution in [-0.2, 0) is 13.1 Å². The van der Waals surface area contributed by atoms with E-state index in [2.05, 4.69) is 17.3 Å². The minimum atomic E-state index is 0.611. The van der Waals surface area contributed by atoms with E-state index in [4.69, 9.17) is 9.47 Å². The smallest absolute Gasteiger partial charge is 0.163 e. The Morgan fingerprint density at radius 1 is 1.26 bits per heavy atom. The number of aromatic nitrogens is 2. The maximum absolute atomic E-state index is 5.56. The second-order valence-electron chi connectivity index (χ2n) is 4.42. The zero-order chi connectivity index (χ0) is 13.1. The number of ether oxygens (including phenoxy) is 2. The van der Waals surface area contributed by atoms with Crippen LogP contribution in [0.1, 0.15) is 12.5 Å². The zero-order valence-electron chi connectivity index (χ0n) is 10.9. The first-order valence-electron chi connectivity index (χ1n) is 6.50. The summed E-state index contributed by atoms with van der Waals surface area (Å²) in [5.74, 6) is 1.62. The molecule has 0 aliphatic carbocycles. The second kappa shape index (κ2) is 5.22. The highest BCUT2D eigenvalue weighted by atomic mass is 16.6. The molecule has 1 aliphatic heterocycles. The molecule has 0 spiro atoms. The monoisotopic (exact) mass is 259 g/mol. The molecule has 0 radical (unpaired) electrons. The molecule has 2 heterocycles. The molecule has 1 aliphatic rings. The van der Waals surface area contributed by atoms with Gasteiger partial charge in [0.1, 0.15) is 13.2 Å². The number of aryl methyl sites for hydroxylation is 1. The fourth-order valence-electron chi connectivity index (χ4n) is 2.03. The summed E-state index contributed by atoms with van der Waals surface area (Å²) in [5, 5.41) is 7.61. The van der Waals surface area contributed by atoms with Gasteiger partial charge in [0.05, 0.1) is 6.20 Å². The fraction of sp³-hybridized carbons (Fsp3) is 0.357. The van der Waals surface area contributed by atoms with E-state index >= 15 is 0 Å². The van der Waals surface area contributed by atoms with Gasteiger partial charge in [0.25, 0.3) is 0 Å². The summed E-state index contributed by atoms with van der Waals surface area (Å²) in [6.07, 6.45) is 3.93. The number of nitrogens with one attached hydrogen (secondary N) is 1. The van der Waals surface area contributed by atoms with Crippen molar-refractivity contribution in [2.45, 2.75) is 20.0 Å². The Balaban J connectivity index is 1.66. The first-order valence-corrected chi connectivity index (χ1v) is 6.50. The van der Waals surface area contributed by atoms with E-state index in [0.717, 1.165) is 35.8 Å². The lowest BCUT2D eigenvalue weighted by Gasteiger charge is -2.19. The van der Waals surface area contributed by atoms with Crippen molar-refractivity contribution in [3.8, 4) is 11.5 Å². The largest absolute Gasteiger partial charge is 0.486 e. The molecule has 100 valence electrons. The lowest BCUT2D eigenvalue weighted by atomic mass is 10.2. The molecule has 0 unspecified atom stereocenters. The van der Waals surface area contributed by atoms with Crippen LogP contribution in [0.5, 0.6) is 11.5 Å². The quantitative estimate of drug-likeness (QED) is 0.915. The van der Waals surface area contributed by atoms with Crippen molar-refractivity contribution in [2.24, 2.45) is 0 Å². The summed E-state index contributed by atoms with van der Waals surface area (Å²) in [6, 6.07) is 5.91. The summed E-state index contributed by atoms with van der Waals surface area (Å²) in [7, 11) is 0. The number of hydrogen-bond acceptors (Lipinski definition) is 4. The summed E-state index contributed by atoms with van der Waals surface area (Å²) in [5.41, 5.74) is 2.19. The van der Waals surface area contributed by atoms with E-state index in [-0.39, 0.29) is 0 Å². The van der Waals surface area contributed by atoms with Gasteiger partial charge in [-0.2, -0.15) is 5.10 Å². The van der Waals surface area contributed by atoms with Crippen LogP contribution in [0.15, 0.2) is 30.6 Å². The predicted octanol–water partition coefficient (Wildman–Crippen LogP) is 2.29. The SMILES string of the molecule is CCn1cc(CNc2ccc3c(c2)OCCO3)cn1. The van der Waals surface area contributed by atoms with Crippen molar-refractivity contribution in [3.05, 3.63) is 36.2 Å². The molecule has 2 aromatic rings. The van der Waals surface area contributed by atoms with E-state index in [1.165, 1.54) is 0 Å². The van der Waals surface area contributed by atoms with Crippen LogP contribution in [0, 0.1) is 0 Å². The Morgan fingerprint density at radius 2 is 2.11 bits per heavy atom. The molecular weight excluding hydrogens is 242 g/mol. The molecule has 0 atom stereocenters. The van der Waals surface area contributed by atoms with Gasteiger partial charge in [0.2, 0.25) is 0 Å². The summed E-state index contributed by atoms with van der Waals surface area (Å²) in [4.78, 5) is 0. The fourth-order valence-corrected chi connectivity index (χ4v) is 2.03. The Labute approximate surface area is 112 Å². The van der Waals surface area contributed by atoms with Crippen LogP contribution in [0.3, 0.4) is 0 Å². The Hall–Kier alpha value is -2.17. The molecule has 0 saturated carbocycles. The van der Waals surface area contributed by atoms with Gasteiger partial charge >= 0.3 is 0 Å². The van der Waals surface area contributed by atoms with E-state index in [1.54, 1.807) is 0 Å². The topological polar surface area (TPSA) is 48.3 Å². The molecule has 1 aromatic heterocycles. The summed E-state index contributed by atoms with van der Waals surface area (Å²) < 4.78 is 13.0. The van der Waals surface area contributed by atoms with Crippen LogP contribution >= 0.6 is 0 Å². The number of nitrogens with zero attached hydrogens (tertiary/aromatic N) is 2. The Bertz CT molecular complexity index is 566. The molecule has 1 N–H and O–H groups in total. The maximum atomic E-state index is 5.56. The number of anilines is 1. The predicted molar refractivity (Wildman–Crippen MR) is 72.7 cm³/mol. The molecule has 0 amide bonds. The first-order chi connectivity index (χ1) is 9.35. The second-order valence-corrected chi connectivity index (χ2v) is 4.42. The summed E-state index contributed by atoms with van der Waals surface area (Å²) >= 11 is 0. The summed E-state index contributed by atoms with van der Waals surface area (Å²) in [6.45, 7) is 4.95. The lowest BCUT2D eigenvalue weighted by molar-refractivity contribution is 0.171. The third-order valence-corrected chi connectivity index (χ3v) is 3.05. The van der Waals surface area contributed by atoms with Crippen LogP contribution in [0.2, 0.25) is 0 Å². The molecule has 3 rings (SSSR count). The number of fused-ring (bicyclic) bond motifs is 1. The third kappa shape index (κ3) is 2.65. The van der Waals surface area contributed by atoms with Gasteiger partial charge in [-0.1, -0.05) is 0 Å². The molecular formula is C14H17N3O2. The minimum absolute atomic E-state index is 0.611. The zero-order valence-corrected chi connectivity index (χ0v) is 10.9. The van der Waals surface area contributed by atoms with Gasteiger partial charge < -0.3 is 14.8 Å². The number of rotatable bonds is 4. The Morgan fingerprint density at radius 3 is 2.89 bits per heavy atom. The van der Waals surface area contributed by atoms with Gasteiger partial charge in [-0.05, 0) is 19.1 Å². The van der Waals surface area contributed by atoms with Crippen molar-refractivity contribution in [2.75, 3.05) is 18.5 Å². The van der Waals surface area contributed by atoms with Crippen LogP contribution in [0.25, 0.3) is 0 Å². The van der Waals surface area contributed by atoms with Gasteiger partial charge in [0, 0.05) is 36.6 Å². The normalized spacial score (nSPS) is 13.3. The molecule has 0 fully saturated rings. The van der Waals surface area contributed by atoms with Crippen molar-refractivity contribution >= 4 is 5.69 Å². The molecule has 5 heteroatoms. The number of benzene rings is 1. The lowest BCUT2D eigenvalue weighted by Crippen LogP contribution is -2.15. The van der Waals surface area contributed by atoms with Crippen LogP contribution in [-0.4, -0.2) is 23.0 Å². The van der Waals surface area contributed by atoms with Crippen molar-refractivity contribution < 1.29 is 9.47 Å². The van der Waals surface area contributed by atoms with E-state index < -0.39 is 0 Å². The highest BCUT2D eigenvalue weighted by Gasteiger charge is 2.11. The van der Waals surface area contributed by atoms with Gasteiger partial charge in [0.15, 0.2) is 11.5 Å². The molecule has 0 saturated heterocycles. The first kappa shape index (κ1) is 11.9. The van der Waals surface area contributed by atoms with Gasteiger partial charge in [-0.3, -0.25) is 4.68 Å². The molecule has 19 heavy (non-hydrogen) atoms. The van der Waals surface area contributed by atoms with Gasteiger partial charge in [-0.25, -0.2) is 0 Å². The Kier molecular flexibility index (Phi) is 3.27. The third-order valence-electron chi connectivity index (χ3n) is 3.05. The van der Waals surface area contributed by atoms with E-state index in [9.17, 15) is 0 Å². The van der Waals surface area contributed by atoms with E-state index in [1.807, 2.05) is 35.3 Å². The minimum Gasteiger partial charge on any atom is -0.486 e. The van der Waals surface area contributed by atoms with Crippen LogP contribution in [0.4, 0.5) is 5.69 Å². The average Bonchev–Trinajstić information content (AvgIpc) is 2.93. The molecule has 0 bridgehead atoms. The standard InChI is InChI=1S/C14H17N3O2/c1-2-17-10-11(9-16-17)8-15-12-3-4-13-14(7-12)19-6-5-18-13/h3-4,7,9-10,15H,2,5-6,8H2,1H3. The molecule has 1 aromatic carbocycles. The van der Waals surface area contributed by atoms with E-state index in [0.29, 0.717) is 13.2 Å². The highest BCUT2D eigenvalue weighted by molar-refractivity contribution is 5.55. The maximum Gasteiger partial charge on any atom is 0.163 e. The highest BCUT2D eigenvalue weighted by Crippen LogP contribution is 2.32.